The lowest BCUT2D eigenvalue weighted by molar-refractivity contribution is 0.0379. The predicted octanol–water partition coefficient (Wildman–Crippen LogP) is 1.22. The van der Waals surface area contributed by atoms with E-state index in [1.54, 1.807) is 7.11 Å². The van der Waals surface area contributed by atoms with Gasteiger partial charge in [-0.25, -0.2) is 4.79 Å². The van der Waals surface area contributed by atoms with Gasteiger partial charge in [-0.1, -0.05) is 24.3 Å². The van der Waals surface area contributed by atoms with Crippen LogP contribution in [0.25, 0.3) is 0 Å². The summed E-state index contributed by atoms with van der Waals surface area (Å²) in [5, 5.41) is 0. The zero-order valence-corrected chi connectivity index (χ0v) is 7.15. The van der Waals surface area contributed by atoms with E-state index in [9.17, 15) is 4.79 Å². The van der Waals surface area contributed by atoms with E-state index in [-0.39, 0.29) is 6.04 Å². The molecule has 0 spiro atoms. The Morgan fingerprint density at radius 3 is 2.92 bits per heavy atom. The van der Waals surface area contributed by atoms with E-state index >= 15 is 0 Å². The molecule has 0 aromatic heterocycles. The van der Waals surface area contributed by atoms with Gasteiger partial charge in [0, 0.05) is 7.11 Å². The number of aliphatic imine (C=N–C) groups is 1. The van der Waals surface area contributed by atoms with E-state index in [2.05, 4.69) is 4.99 Å². The molecule has 0 N–H and O–H groups in total. The van der Waals surface area contributed by atoms with Crippen LogP contribution in [0.4, 0.5) is 0 Å². The Labute approximate surface area is 71.4 Å². The molecule has 1 aliphatic carbocycles. The van der Waals surface area contributed by atoms with Gasteiger partial charge in [-0.15, -0.1) is 0 Å². The van der Waals surface area contributed by atoms with E-state index in [0.29, 0.717) is 0 Å². The third-order valence-electron chi connectivity index (χ3n) is 2.05. The Kier molecular flexibility index (Phi) is 2.58. The minimum atomic E-state index is -0.508. The molecule has 0 amide bonds. The van der Waals surface area contributed by atoms with Crippen molar-refractivity contribution in [2.24, 2.45) is 4.99 Å². The Balaban J connectivity index is 2.91. The molecule has 0 heterocycles. The van der Waals surface area contributed by atoms with Crippen LogP contribution in [-0.4, -0.2) is 24.8 Å². The van der Waals surface area contributed by atoms with Crippen molar-refractivity contribution in [2.75, 3.05) is 7.11 Å². The van der Waals surface area contributed by atoms with Crippen molar-refractivity contribution in [3.63, 3.8) is 0 Å². The van der Waals surface area contributed by atoms with Crippen LogP contribution in [-0.2, 0) is 9.53 Å². The molecule has 3 nitrogen and oxygen atoms in total. The highest BCUT2D eigenvalue weighted by Gasteiger charge is 2.31. The Morgan fingerprint density at radius 2 is 2.33 bits per heavy atom. The van der Waals surface area contributed by atoms with Crippen LogP contribution in [0.3, 0.4) is 0 Å². The summed E-state index contributed by atoms with van der Waals surface area (Å²) < 4.78 is 5.23. The lowest BCUT2D eigenvalue weighted by Crippen LogP contribution is -2.37. The summed E-state index contributed by atoms with van der Waals surface area (Å²) in [5.41, 5.74) is -0.508. The molecular formula is C9H11NO2. The fraction of sp³-hybridized carbons (Fsp3) is 0.444. The molecule has 0 radical (unpaired) electrons. The maximum absolute atomic E-state index is 10.1. The zero-order chi connectivity index (χ0) is 9.03. The van der Waals surface area contributed by atoms with Crippen LogP contribution in [0.15, 0.2) is 29.3 Å². The normalized spacial score (nSPS) is 33.0. The molecule has 2 unspecified atom stereocenters. The third-order valence-corrected chi connectivity index (χ3v) is 2.05. The van der Waals surface area contributed by atoms with Crippen molar-refractivity contribution in [2.45, 2.75) is 18.6 Å². The fourth-order valence-electron chi connectivity index (χ4n) is 1.12. The molecule has 3 heteroatoms. The molecule has 0 saturated heterocycles. The Hall–Kier alpha value is -1.18. The highest BCUT2D eigenvalue weighted by atomic mass is 16.5. The van der Waals surface area contributed by atoms with Crippen LogP contribution in [0, 0.1) is 0 Å². The van der Waals surface area contributed by atoms with Crippen molar-refractivity contribution in [3.05, 3.63) is 24.3 Å². The van der Waals surface area contributed by atoms with E-state index in [0.717, 1.165) is 0 Å². The SMILES string of the molecule is COC1(C)C=CC=CC1N=C=O. The van der Waals surface area contributed by atoms with Crippen molar-refractivity contribution in [1.29, 1.82) is 0 Å². The summed E-state index contributed by atoms with van der Waals surface area (Å²) >= 11 is 0. The summed E-state index contributed by atoms with van der Waals surface area (Å²) in [7, 11) is 1.59. The maximum Gasteiger partial charge on any atom is 0.235 e. The van der Waals surface area contributed by atoms with Crippen LogP contribution in [0.2, 0.25) is 0 Å². The van der Waals surface area contributed by atoms with Gasteiger partial charge in [0.1, 0.15) is 11.6 Å². The minimum absolute atomic E-state index is 0.259. The largest absolute Gasteiger partial charge is 0.372 e. The van der Waals surface area contributed by atoms with Gasteiger partial charge in [0.25, 0.3) is 0 Å². The van der Waals surface area contributed by atoms with E-state index in [4.69, 9.17) is 4.74 Å². The molecule has 0 aromatic carbocycles. The van der Waals surface area contributed by atoms with Gasteiger partial charge < -0.3 is 4.74 Å². The molecule has 0 bridgehead atoms. The fourth-order valence-corrected chi connectivity index (χ4v) is 1.12. The van der Waals surface area contributed by atoms with Gasteiger partial charge in [0.2, 0.25) is 6.08 Å². The summed E-state index contributed by atoms with van der Waals surface area (Å²) in [5.74, 6) is 0. The number of methoxy groups -OCH3 is 1. The number of nitrogens with zero attached hydrogens (tertiary/aromatic N) is 1. The third kappa shape index (κ3) is 1.52. The topological polar surface area (TPSA) is 38.7 Å². The summed E-state index contributed by atoms with van der Waals surface area (Å²) in [6, 6.07) is -0.259. The molecule has 1 aliphatic rings. The molecule has 2 atom stereocenters. The number of isocyanates is 1. The van der Waals surface area contributed by atoms with Gasteiger partial charge in [-0.05, 0) is 6.92 Å². The Morgan fingerprint density at radius 1 is 1.58 bits per heavy atom. The molecule has 0 aliphatic heterocycles. The average molecular weight is 165 g/mol. The van der Waals surface area contributed by atoms with Gasteiger partial charge in [-0.3, -0.25) is 0 Å². The molecule has 12 heavy (non-hydrogen) atoms. The van der Waals surface area contributed by atoms with Crippen LogP contribution < -0.4 is 0 Å². The van der Waals surface area contributed by atoms with E-state index in [1.165, 1.54) is 6.08 Å². The molecule has 64 valence electrons. The number of rotatable bonds is 2. The summed E-state index contributed by atoms with van der Waals surface area (Å²) in [6.45, 7) is 1.87. The van der Waals surface area contributed by atoms with Gasteiger partial charge in [0.05, 0.1) is 0 Å². The van der Waals surface area contributed by atoms with Crippen molar-refractivity contribution in [3.8, 4) is 0 Å². The van der Waals surface area contributed by atoms with E-state index in [1.807, 2.05) is 31.2 Å². The first-order valence-corrected chi connectivity index (χ1v) is 3.71. The second kappa shape index (κ2) is 3.48. The number of carbonyl (C=O) groups excluding carboxylic acids is 1. The molecule has 1 rings (SSSR count). The van der Waals surface area contributed by atoms with Gasteiger partial charge in [0.15, 0.2) is 0 Å². The van der Waals surface area contributed by atoms with Crippen LogP contribution in [0.5, 0.6) is 0 Å². The second-order valence-electron chi connectivity index (χ2n) is 2.80. The monoisotopic (exact) mass is 165 g/mol. The predicted molar refractivity (Wildman–Crippen MR) is 45.6 cm³/mol. The van der Waals surface area contributed by atoms with Crippen molar-refractivity contribution in [1.82, 2.24) is 0 Å². The van der Waals surface area contributed by atoms with Crippen LogP contribution >= 0.6 is 0 Å². The van der Waals surface area contributed by atoms with Gasteiger partial charge >= 0.3 is 0 Å². The zero-order valence-electron chi connectivity index (χ0n) is 7.15. The molecule has 0 saturated carbocycles. The van der Waals surface area contributed by atoms with Crippen LogP contribution in [0.1, 0.15) is 6.92 Å². The first kappa shape index (κ1) is 8.91. The molecule has 0 fully saturated rings. The number of allylic oxidation sites excluding steroid dienone is 2. The standard InChI is InChI=1S/C9H11NO2/c1-9(12-2)6-4-3-5-8(9)10-7-11/h3-6,8H,1-2H3. The first-order chi connectivity index (χ1) is 5.73. The number of hydrogen-bond donors (Lipinski definition) is 0. The lowest BCUT2D eigenvalue weighted by atomic mass is 9.92. The molecular weight excluding hydrogens is 154 g/mol. The highest BCUT2D eigenvalue weighted by Crippen LogP contribution is 2.23. The highest BCUT2D eigenvalue weighted by molar-refractivity contribution is 5.37. The second-order valence-corrected chi connectivity index (χ2v) is 2.80. The van der Waals surface area contributed by atoms with E-state index < -0.39 is 5.60 Å². The maximum atomic E-state index is 10.1. The summed E-state index contributed by atoms with van der Waals surface area (Å²) in [6.07, 6.45) is 8.94. The minimum Gasteiger partial charge on any atom is -0.372 e. The number of ether oxygens (including phenoxy) is 1. The number of hydrogen-bond acceptors (Lipinski definition) is 3. The Bertz CT molecular complexity index is 264. The molecule has 0 aromatic rings. The quantitative estimate of drug-likeness (QED) is 0.456. The van der Waals surface area contributed by atoms with Gasteiger partial charge in [-0.2, -0.15) is 4.99 Å². The average Bonchev–Trinajstić information content (AvgIpc) is 2.10. The lowest BCUT2D eigenvalue weighted by Gasteiger charge is -2.29. The first-order valence-electron chi connectivity index (χ1n) is 3.71. The van der Waals surface area contributed by atoms with Crippen molar-refractivity contribution < 1.29 is 9.53 Å². The summed E-state index contributed by atoms with van der Waals surface area (Å²) in [4.78, 5) is 13.7. The van der Waals surface area contributed by atoms with Crippen molar-refractivity contribution >= 4 is 6.08 Å². The smallest absolute Gasteiger partial charge is 0.235 e.